The van der Waals surface area contributed by atoms with E-state index in [1.807, 2.05) is 18.2 Å². The summed E-state index contributed by atoms with van der Waals surface area (Å²) in [5.74, 6) is -0.484. The quantitative estimate of drug-likeness (QED) is 0.766. The molecule has 0 aliphatic carbocycles. The lowest BCUT2D eigenvalue weighted by Gasteiger charge is -2.17. The minimum atomic E-state index is -0.522. The second-order valence-corrected chi connectivity index (χ2v) is 4.57. The van der Waals surface area contributed by atoms with Gasteiger partial charge in [-0.2, -0.15) is 9.89 Å². The monoisotopic (exact) mass is 271 g/mol. The number of benzene rings is 1. The Morgan fingerprint density at radius 2 is 2.25 bits per heavy atom. The number of nitrogens with one attached hydrogen (secondary N) is 2. The lowest BCUT2D eigenvalue weighted by Crippen LogP contribution is -2.19. The minimum absolute atomic E-state index is 0.0383. The summed E-state index contributed by atoms with van der Waals surface area (Å²) in [6.07, 6.45) is 4.11. The summed E-state index contributed by atoms with van der Waals surface area (Å²) in [4.78, 5) is 23.7. The van der Waals surface area contributed by atoms with E-state index >= 15 is 0 Å². The molecule has 2 heterocycles. The Hall–Kier alpha value is -2.83. The number of aryl methyl sites for hydroxylation is 1. The number of anilines is 2. The number of hydrogen-bond donors (Lipinski definition) is 3. The van der Waals surface area contributed by atoms with Gasteiger partial charge in [0.15, 0.2) is 0 Å². The van der Waals surface area contributed by atoms with Gasteiger partial charge in [-0.15, -0.1) is 0 Å². The molecule has 102 valence electrons. The summed E-state index contributed by atoms with van der Waals surface area (Å²) in [6.45, 7) is 0. The van der Waals surface area contributed by atoms with Crippen LogP contribution in [0.25, 0.3) is 0 Å². The molecule has 7 heteroatoms. The summed E-state index contributed by atoms with van der Waals surface area (Å²) in [7, 11) is 0. The number of aromatic nitrogens is 2. The molecule has 0 bridgehead atoms. The lowest BCUT2D eigenvalue weighted by atomic mass is 10.0. The van der Waals surface area contributed by atoms with Crippen LogP contribution >= 0.6 is 0 Å². The average molecular weight is 271 g/mol. The van der Waals surface area contributed by atoms with E-state index in [-0.39, 0.29) is 5.91 Å². The number of nitrogens with two attached hydrogens (primary N) is 1. The number of nitrogens with zero attached hydrogens (tertiary/aromatic N) is 2. The number of amides is 2. The van der Waals surface area contributed by atoms with Crippen LogP contribution < -0.4 is 16.5 Å². The smallest absolute Gasteiger partial charge is 0.251 e. The molecule has 0 saturated heterocycles. The summed E-state index contributed by atoms with van der Waals surface area (Å²) in [5.41, 5.74) is 11.2. The van der Waals surface area contributed by atoms with E-state index in [0.29, 0.717) is 18.4 Å². The predicted molar refractivity (Wildman–Crippen MR) is 73.2 cm³/mol. The molecule has 1 aliphatic heterocycles. The molecule has 0 fully saturated rings. The van der Waals surface area contributed by atoms with Crippen molar-refractivity contribution in [1.29, 1.82) is 0 Å². The summed E-state index contributed by atoms with van der Waals surface area (Å²) in [5, 5.41) is 6.81. The SMILES string of the molecule is NC(=O)c1cnn(Nc2ccc3c(c2)CCC(=O)N3)c1. The molecule has 0 atom stereocenters. The van der Waals surface area contributed by atoms with Crippen LogP contribution in [-0.4, -0.2) is 21.7 Å². The van der Waals surface area contributed by atoms with Gasteiger partial charge in [0.25, 0.3) is 5.91 Å². The molecule has 1 aromatic carbocycles. The molecule has 2 aromatic rings. The van der Waals surface area contributed by atoms with Gasteiger partial charge in [0, 0.05) is 12.1 Å². The van der Waals surface area contributed by atoms with E-state index in [1.54, 1.807) is 0 Å². The highest BCUT2D eigenvalue weighted by Gasteiger charge is 2.14. The number of carbonyl (C=O) groups is 2. The van der Waals surface area contributed by atoms with Gasteiger partial charge in [-0.25, -0.2) is 0 Å². The molecular formula is C13H13N5O2. The van der Waals surface area contributed by atoms with E-state index in [9.17, 15) is 9.59 Å². The van der Waals surface area contributed by atoms with Crippen LogP contribution in [0.5, 0.6) is 0 Å². The fourth-order valence-electron chi connectivity index (χ4n) is 2.10. The molecule has 0 spiro atoms. The third kappa shape index (κ3) is 2.33. The normalized spacial score (nSPS) is 13.5. The summed E-state index contributed by atoms with van der Waals surface area (Å²) in [6, 6.07) is 5.61. The van der Waals surface area contributed by atoms with Gasteiger partial charge < -0.3 is 11.1 Å². The molecule has 2 amide bonds. The molecule has 1 aliphatic rings. The molecule has 3 rings (SSSR count). The van der Waals surface area contributed by atoms with Gasteiger partial charge in [-0.1, -0.05) is 0 Å². The van der Waals surface area contributed by atoms with Crippen molar-refractivity contribution in [2.24, 2.45) is 5.73 Å². The largest absolute Gasteiger partial charge is 0.365 e. The Morgan fingerprint density at radius 3 is 3.00 bits per heavy atom. The lowest BCUT2D eigenvalue weighted by molar-refractivity contribution is -0.116. The van der Waals surface area contributed by atoms with Crippen LogP contribution in [0.2, 0.25) is 0 Å². The fourth-order valence-corrected chi connectivity index (χ4v) is 2.10. The molecular weight excluding hydrogens is 258 g/mol. The minimum Gasteiger partial charge on any atom is -0.365 e. The van der Waals surface area contributed by atoms with E-state index < -0.39 is 5.91 Å². The third-order valence-corrected chi connectivity index (χ3v) is 3.11. The van der Waals surface area contributed by atoms with E-state index in [2.05, 4.69) is 15.8 Å². The van der Waals surface area contributed by atoms with Crippen molar-refractivity contribution in [3.05, 3.63) is 41.7 Å². The zero-order chi connectivity index (χ0) is 14.1. The maximum Gasteiger partial charge on any atom is 0.251 e. The van der Waals surface area contributed by atoms with Gasteiger partial charge in [0.2, 0.25) is 5.91 Å². The molecule has 7 nitrogen and oxygen atoms in total. The molecule has 20 heavy (non-hydrogen) atoms. The maximum atomic E-state index is 11.3. The van der Waals surface area contributed by atoms with Gasteiger partial charge in [-0.05, 0) is 30.2 Å². The molecule has 0 radical (unpaired) electrons. The second-order valence-electron chi connectivity index (χ2n) is 4.57. The number of carbonyl (C=O) groups excluding carboxylic acids is 2. The number of fused-ring (bicyclic) bond motifs is 1. The number of rotatable bonds is 3. The maximum absolute atomic E-state index is 11.3. The Balaban J connectivity index is 1.80. The van der Waals surface area contributed by atoms with Gasteiger partial charge >= 0.3 is 0 Å². The molecule has 4 N–H and O–H groups in total. The van der Waals surface area contributed by atoms with Crippen molar-refractivity contribution < 1.29 is 9.59 Å². The van der Waals surface area contributed by atoms with Crippen LogP contribution in [0, 0.1) is 0 Å². The van der Waals surface area contributed by atoms with E-state index in [0.717, 1.165) is 16.9 Å². The Labute approximate surface area is 114 Å². The Bertz CT molecular complexity index is 692. The van der Waals surface area contributed by atoms with Crippen molar-refractivity contribution in [3.63, 3.8) is 0 Å². The van der Waals surface area contributed by atoms with Crippen LogP contribution in [0.15, 0.2) is 30.6 Å². The summed E-state index contributed by atoms with van der Waals surface area (Å²) < 4.78 is 0. The zero-order valence-corrected chi connectivity index (χ0v) is 10.6. The average Bonchev–Trinajstić information content (AvgIpc) is 2.88. The van der Waals surface area contributed by atoms with Crippen LogP contribution in [0.1, 0.15) is 22.3 Å². The van der Waals surface area contributed by atoms with Crippen LogP contribution in [-0.2, 0) is 11.2 Å². The standard InChI is InChI=1S/C13H13N5O2/c14-13(20)9-6-15-18(7-9)17-10-2-3-11-8(5-10)1-4-12(19)16-11/h2-3,5-7,17H,1,4H2,(H2,14,20)(H,16,19). The number of hydrogen-bond acceptors (Lipinski definition) is 4. The van der Waals surface area contributed by atoms with Crippen LogP contribution in [0.3, 0.4) is 0 Å². The van der Waals surface area contributed by atoms with Gasteiger partial charge in [0.1, 0.15) is 0 Å². The Kier molecular flexibility index (Phi) is 2.86. The van der Waals surface area contributed by atoms with E-state index in [1.165, 1.54) is 17.2 Å². The van der Waals surface area contributed by atoms with Crippen LogP contribution in [0.4, 0.5) is 11.4 Å². The first kappa shape index (κ1) is 12.2. The highest BCUT2D eigenvalue weighted by molar-refractivity contribution is 5.94. The first-order valence-electron chi connectivity index (χ1n) is 6.16. The second kappa shape index (κ2) is 4.69. The Morgan fingerprint density at radius 1 is 1.40 bits per heavy atom. The van der Waals surface area contributed by atoms with Crippen molar-refractivity contribution in [2.45, 2.75) is 12.8 Å². The molecule has 0 unspecified atom stereocenters. The topological polar surface area (TPSA) is 102 Å². The van der Waals surface area contributed by atoms with Crippen molar-refractivity contribution in [1.82, 2.24) is 9.89 Å². The molecule has 1 aromatic heterocycles. The highest BCUT2D eigenvalue weighted by Crippen LogP contribution is 2.25. The predicted octanol–water partition coefficient (Wildman–Crippen LogP) is 0.742. The zero-order valence-electron chi connectivity index (χ0n) is 10.6. The third-order valence-electron chi connectivity index (χ3n) is 3.11. The highest BCUT2D eigenvalue weighted by atomic mass is 16.2. The van der Waals surface area contributed by atoms with Crippen molar-refractivity contribution in [2.75, 3.05) is 10.7 Å². The molecule has 0 saturated carbocycles. The van der Waals surface area contributed by atoms with Crippen molar-refractivity contribution >= 4 is 23.2 Å². The van der Waals surface area contributed by atoms with E-state index in [4.69, 9.17) is 5.73 Å². The number of primary amides is 1. The van der Waals surface area contributed by atoms with Gasteiger partial charge in [-0.3, -0.25) is 15.0 Å². The fraction of sp³-hybridized carbons (Fsp3) is 0.154. The first-order valence-corrected chi connectivity index (χ1v) is 6.16. The van der Waals surface area contributed by atoms with Gasteiger partial charge in [0.05, 0.1) is 23.6 Å². The van der Waals surface area contributed by atoms with Crippen molar-refractivity contribution in [3.8, 4) is 0 Å². The first-order chi connectivity index (χ1) is 9.61. The summed E-state index contributed by atoms with van der Waals surface area (Å²) >= 11 is 0.